The Morgan fingerprint density at radius 1 is 1.24 bits per heavy atom. The molecule has 0 aliphatic heterocycles. The van der Waals surface area contributed by atoms with E-state index in [0.717, 1.165) is 33.0 Å². The monoisotopic (exact) mass is 252 g/mol. The summed E-state index contributed by atoms with van der Waals surface area (Å²) in [4.78, 5) is 0. The standard InChI is InChI=1S/C13H17ClN2O/c1-8-9(2)13(17-4)11(7-16-6-5-15)10(3)12(8)14/h16H,6-7H2,1-4H3. The molecule has 4 heteroatoms. The van der Waals surface area contributed by atoms with Gasteiger partial charge in [0.05, 0.1) is 19.7 Å². The summed E-state index contributed by atoms with van der Waals surface area (Å²) in [6.07, 6.45) is 0. The molecule has 0 aliphatic carbocycles. The summed E-state index contributed by atoms with van der Waals surface area (Å²) in [5, 5.41) is 12.3. The van der Waals surface area contributed by atoms with E-state index in [9.17, 15) is 0 Å². The van der Waals surface area contributed by atoms with E-state index in [1.807, 2.05) is 20.8 Å². The maximum Gasteiger partial charge on any atom is 0.126 e. The Labute approximate surface area is 107 Å². The van der Waals surface area contributed by atoms with Crippen LogP contribution in [-0.4, -0.2) is 13.7 Å². The zero-order valence-corrected chi connectivity index (χ0v) is 11.4. The van der Waals surface area contributed by atoms with E-state index in [0.29, 0.717) is 13.1 Å². The molecule has 0 saturated heterocycles. The summed E-state index contributed by atoms with van der Waals surface area (Å²) >= 11 is 6.28. The number of rotatable bonds is 4. The van der Waals surface area contributed by atoms with Crippen LogP contribution >= 0.6 is 11.6 Å². The number of hydrogen-bond donors (Lipinski definition) is 1. The second-order valence-corrected chi connectivity index (χ2v) is 4.34. The van der Waals surface area contributed by atoms with Gasteiger partial charge in [0.1, 0.15) is 5.75 Å². The summed E-state index contributed by atoms with van der Waals surface area (Å²) in [6, 6.07) is 2.05. The van der Waals surface area contributed by atoms with Gasteiger partial charge in [-0.2, -0.15) is 5.26 Å². The van der Waals surface area contributed by atoms with Crippen LogP contribution in [0.4, 0.5) is 0 Å². The minimum atomic E-state index is 0.313. The van der Waals surface area contributed by atoms with Crippen LogP contribution in [0.2, 0.25) is 5.02 Å². The fourth-order valence-corrected chi connectivity index (χ4v) is 2.13. The Bertz CT molecular complexity index is 464. The van der Waals surface area contributed by atoms with Crippen LogP contribution in [0.1, 0.15) is 22.3 Å². The molecular formula is C13H17ClN2O. The Hall–Kier alpha value is -1.24. The first-order valence-corrected chi connectivity index (χ1v) is 5.82. The van der Waals surface area contributed by atoms with E-state index in [1.54, 1.807) is 7.11 Å². The summed E-state index contributed by atoms with van der Waals surface area (Å²) in [5.41, 5.74) is 4.13. The zero-order valence-electron chi connectivity index (χ0n) is 10.6. The number of nitrogens with one attached hydrogen (secondary N) is 1. The number of nitrogens with zero attached hydrogens (tertiary/aromatic N) is 1. The van der Waals surface area contributed by atoms with E-state index in [2.05, 4.69) is 11.4 Å². The van der Waals surface area contributed by atoms with E-state index in [-0.39, 0.29) is 0 Å². The van der Waals surface area contributed by atoms with Crippen molar-refractivity contribution in [1.29, 1.82) is 5.26 Å². The van der Waals surface area contributed by atoms with E-state index in [4.69, 9.17) is 21.6 Å². The molecule has 1 aromatic carbocycles. The third-order valence-electron chi connectivity index (χ3n) is 3.00. The smallest absolute Gasteiger partial charge is 0.126 e. The number of hydrogen-bond acceptors (Lipinski definition) is 3. The molecule has 0 aromatic heterocycles. The maximum absolute atomic E-state index is 8.52. The van der Waals surface area contributed by atoms with Gasteiger partial charge in [0.2, 0.25) is 0 Å². The van der Waals surface area contributed by atoms with Gasteiger partial charge in [-0.05, 0) is 37.5 Å². The first-order chi connectivity index (χ1) is 8.04. The van der Waals surface area contributed by atoms with Gasteiger partial charge in [-0.1, -0.05) is 11.6 Å². The van der Waals surface area contributed by atoms with Crippen molar-refractivity contribution in [2.45, 2.75) is 27.3 Å². The number of halogens is 1. The Morgan fingerprint density at radius 3 is 2.41 bits per heavy atom. The third kappa shape index (κ3) is 2.71. The molecule has 92 valence electrons. The lowest BCUT2D eigenvalue weighted by Gasteiger charge is -2.18. The molecule has 0 spiro atoms. The van der Waals surface area contributed by atoms with Gasteiger partial charge in [0, 0.05) is 17.1 Å². The normalized spacial score (nSPS) is 10.1. The van der Waals surface area contributed by atoms with Crippen molar-refractivity contribution in [3.63, 3.8) is 0 Å². The van der Waals surface area contributed by atoms with E-state index < -0.39 is 0 Å². The highest BCUT2D eigenvalue weighted by Gasteiger charge is 2.16. The van der Waals surface area contributed by atoms with Crippen LogP contribution in [0, 0.1) is 32.1 Å². The number of nitriles is 1. The average molecular weight is 253 g/mol. The van der Waals surface area contributed by atoms with Crippen molar-refractivity contribution < 1.29 is 4.74 Å². The van der Waals surface area contributed by atoms with Gasteiger partial charge in [0.15, 0.2) is 0 Å². The molecule has 1 rings (SSSR count). The third-order valence-corrected chi connectivity index (χ3v) is 3.57. The molecule has 3 nitrogen and oxygen atoms in total. The molecule has 1 aromatic rings. The van der Waals surface area contributed by atoms with Crippen molar-refractivity contribution in [1.82, 2.24) is 5.32 Å². The first-order valence-electron chi connectivity index (χ1n) is 5.44. The van der Waals surface area contributed by atoms with Crippen LogP contribution < -0.4 is 10.1 Å². The summed E-state index contributed by atoms with van der Waals surface area (Å²) in [5.74, 6) is 0.856. The maximum atomic E-state index is 8.52. The van der Waals surface area contributed by atoms with Crippen molar-refractivity contribution in [3.05, 3.63) is 27.3 Å². The molecule has 0 unspecified atom stereocenters. The minimum Gasteiger partial charge on any atom is -0.496 e. The molecule has 0 heterocycles. The molecule has 0 saturated carbocycles. The quantitative estimate of drug-likeness (QED) is 0.662. The van der Waals surface area contributed by atoms with Crippen molar-refractivity contribution >= 4 is 11.6 Å². The lowest BCUT2D eigenvalue weighted by Crippen LogP contribution is -2.15. The topological polar surface area (TPSA) is 45.0 Å². The van der Waals surface area contributed by atoms with Crippen LogP contribution in [0.3, 0.4) is 0 Å². The minimum absolute atomic E-state index is 0.313. The van der Waals surface area contributed by atoms with Crippen LogP contribution in [-0.2, 0) is 6.54 Å². The fraction of sp³-hybridized carbons (Fsp3) is 0.462. The molecule has 17 heavy (non-hydrogen) atoms. The Balaban J connectivity index is 3.22. The molecule has 1 N–H and O–H groups in total. The highest BCUT2D eigenvalue weighted by molar-refractivity contribution is 6.32. The number of ether oxygens (including phenoxy) is 1. The first kappa shape index (κ1) is 13.8. The number of methoxy groups -OCH3 is 1. The highest BCUT2D eigenvalue weighted by atomic mass is 35.5. The molecule has 0 radical (unpaired) electrons. The van der Waals surface area contributed by atoms with Crippen molar-refractivity contribution in [2.24, 2.45) is 0 Å². The largest absolute Gasteiger partial charge is 0.496 e. The van der Waals surface area contributed by atoms with E-state index >= 15 is 0 Å². The van der Waals surface area contributed by atoms with Gasteiger partial charge >= 0.3 is 0 Å². The molecule has 0 fully saturated rings. The van der Waals surface area contributed by atoms with Crippen LogP contribution in [0.15, 0.2) is 0 Å². The van der Waals surface area contributed by atoms with Gasteiger partial charge in [-0.25, -0.2) is 0 Å². The van der Waals surface area contributed by atoms with Crippen LogP contribution in [0.5, 0.6) is 5.75 Å². The van der Waals surface area contributed by atoms with Crippen molar-refractivity contribution in [2.75, 3.05) is 13.7 Å². The summed E-state index contributed by atoms with van der Waals surface area (Å²) in [6.45, 7) is 6.85. The Morgan fingerprint density at radius 2 is 1.88 bits per heavy atom. The summed E-state index contributed by atoms with van der Waals surface area (Å²) in [7, 11) is 1.66. The second kappa shape index (κ2) is 5.90. The van der Waals surface area contributed by atoms with E-state index in [1.165, 1.54) is 0 Å². The molecule has 0 amide bonds. The second-order valence-electron chi connectivity index (χ2n) is 3.96. The lowest BCUT2D eigenvalue weighted by atomic mass is 9.98. The Kier molecular flexibility index (Phi) is 4.80. The van der Waals surface area contributed by atoms with Gasteiger partial charge in [-0.3, -0.25) is 0 Å². The average Bonchev–Trinajstić information content (AvgIpc) is 2.33. The summed E-state index contributed by atoms with van der Waals surface area (Å²) < 4.78 is 5.44. The van der Waals surface area contributed by atoms with Gasteiger partial charge in [0.25, 0.3) is 0 Å². The number of benzene rings is 1. The zero-order chi connectivity index (χ0) is 13.0. The lowest BCUT2D eigenvalue weighted by molar-refractivity contribution is 0.404. The highest BCUT2D eigenvalue weighted by Crippen LogP contribution is 2.35. The molecular weight excluding hydrogens is 236 g/mol. The van der Waals surface area contributed by atoms with Gasteiger partial charge < -0.3 is 10.1 Å². The fourth-order valence-electron chi connectivity index (χ4n) is 1.88. The van der Waals surface area contributed by atoms with Crippen molar-refractivity contribution in [3.8, 4) is 11.8 Å². The SMILES string of the molecule is COc1c(C)c(C)c(Cl)c(C)c1CNCC#N. The molecule has 0 atom stereocenters. The molecule has 0 bridgehead atoms. The van der Waals surface area contributed by atoms with Crippen LogP contribution in [0.25, 0.3) is 0 Å². The molecule has 0 aliphatic rings. The van der Waals surface area contributed by atoms with Gasteiger partial charge in [-0.15, -0.1) is 0 Å². The predicted molar refractivity (Wildman–Crippen MR) is 69.5 cm³/mol. The predicted octanol–water partition coefficient (Wildman–Crippen LogP) is 2.89.